The minimum absolute atomic E-state index is 0.115. The average Bonchev–Trinajstić information content (AvgIpc) is 3.21. The van der Waals surface area contributed by atoms with Crippen molar-refractivity contribution >= 4 is 20.8 Å². The quantitative estimate of drug-likeness (QED) is 0.720. The summed E-state index contributed by atoms with van der Waals surface area (Å²) in [6.45, 7) is 0.799. The summed E-state index contributed by atoms with van der Waals surface area (Å²) >= 11 is 0. The number of nitrogens with zero attached hydrogens (tertiary/aromatic N) is 2. The Morgan fingerprint density at radius 1 is 1.03 bits per heavy atom. The second-order valence-corrected chi connectivity index (χ2v) is 10.2. The molecule has 6 heteroatoms. The monoisotopic (exact) mass is 408 g/mol. The van der Waals surface area contributed by atoms with E-state index < -0.39 is 15.6 Å². The summed E-state index contributed by atoms with van der Waals surface area (Å²) in [5, 5.41) is 13.5. The summed E-state index contributed by atoms with van der Waals surface area (Å²) < 4.78 is 28.4. The van der Waals surface area contributed by atoms with Crippen molar-refractivity contribution < 1.29 is 13.5 Å². The Balaban J connectivity index is 1.48. The van der Waals surface area contributed by atoms with Gasteiger partial charge in [-0.15, -0.1) is 0 Å². The van der Waals surface area contributed by atoms with E-state index in [9.17, 15) is 13.5 Å². The maximum atomic E-state index is 13.4. The highest BCUT2D eigenvalue weighted by Crippen LogP contribution is 2.49. The molecule has 2 aliphatic rings. The molecular weight excluding hydrogens is 384 g/mol. The third kappa shape index (κ3) is 3.06. The molecule has 1 aromatic heterocycles. The Kier molecular flexibility index (Phi) is 4.46. The minimum Gasteiger partial charge on any atom is -0.385 e. The van der Waals surface area contributed by atoms with Crippen LogP contribution < -0.4 is 0 Å². The van der Waals surface area contributed by atoms with E-state index in [-0.39, 0.29) is 11.8 Å². The molecule has 5 nitrogen and oxygen atoms in total. The third-order valence-corrected chi connectivity index (χ3v) is 8.50. The highest BCUT2D eigenvalue weighted by molar-refractivity contribution is 7.89. The molecule has 0 bridgehead atoms. The molecule has 3 unspecified atom stereocenters. The van der Waals surface area contributed by atoms with Crippen LogP contribution in [0.4, 0.5) is 0 Å². The van der Waals surface area contributed by atoms with E-state index in [1.54, 1.807) is 28.8 Å². The van der Waals surface area contributed by atoms with Crippen molar-refractivity contribution in [3.8, 4) is 0 Å². The topological polar surface area (TPSA) is 70.5 Å². The van der Waals surface area contributed by atoms with E-state index in [0.29, 0.717) is 24.4 Å². The SMILES string of the molecule is O=S(=O)(c1ccc2ccccc2c1)N1CC2CCCC(O)(c3cccnc3)C2C1. The number of rotatable bonds is 3. The number of aromatic nitrogens is 1. The third-order valence-electron chi connectivity index (χ3n) is 6.67. The lowest BCUT2D eigenvalue weighted by Gasteiger charge is -2.41. The first-order valence-electron chi connectivity index (χ1n) is 10.1. The van der Waals surface area contributed by atoms with Gasteiger partial charge in [-0.2, -0.15) is 4.31 Å². The summed E-state index contributed by atoms with van der Waals surface area (Å²) in [5.41, 5.74) is -0.232. The first-order valence-corrected chi connectivity index (χ1v) is 11.5. The average molecular weight is 409 g/mol. The van der Waals surface area contributed by atoms with Crippen LogP contribution >= 0.6 is 0 Å². The summed E-state index contributed by atoms with van der Waals surface area (Å²) in [6, 6.07) is 16.8. The summed E-state index contributed by atoms with van der Waals surface area (Å²) in [6.07, 6.45) is 5.87. The van der Waals surface area contributed by atoms with Gasteiger partial charge in [0.2, 0.25) is 10.0 Å². The van der Waals surface area contributed by atoms with Crippen LogP contribution in [0.15, 0.2) is 71.9 Å². The molecule has 29 heavy (non-hydrogen) atoms. The van der Waals surface area contributed by atoms with Gasteiger partial charge in [-0.05, 0) is 54.2 Å². The van der Waals surface area contributed by atoms with Gasteiger partial charge in [0.15, 0.2) is 0 Å². The number of hydrogen-bond acceptors (Lipinski definition) is 4. The van der Waals surface area contributed by atoms with Gasteiger partial charge in [0.1, 0.15) is 0 Å². The van der Waals surface area contributed by atoms with E-state index in [0.717, 1.165) is 29.2 Å². The number of aliphatic hydroxyl groups is 1. The lowest BCUT2D eigenvalue weighted by Crippen LogP contribution is -2.43. The van der Waals surface area contributed by atoms with Crippen molar-refractivity contribution in [2.45, 2.75) is 29.8 Å². The van der Waals surface area contributed by atoms with Crippen LogP contribution in [-0.2, 0) is 15.6 Å². The number of sulfonamides is 1. The fourth-order valence-corrected chi connectivity index (χ4v) is 6.69. The molecule has 150 valence electrons. The first-order chi connectivity index (χ1) is 14.0. The van der Waals surface area contributed by atoms with Crippen molar-refractivity contribution in [1.82, 2.24) is 9.29 Å². The highest BCUT2D eigenvalue weighted by Gasteiger charge is 2.52. The van der Waals surface area contributed by atoms with Crippen LogP contribution in [0, 0.1) is 11.8 Å². The van der Waals surface area contributed by atoms with Crippen molar-refractivity contribution in [2.75, 3.05) is 13.1 Å². The smallest absolute Gasteiger partial charge is 0.243 e. The van der Waals surface area contributed by atoms with Crippen molar-refractivity contribution in [2.24, 2.45) is 11.8 Å². The fraction of sp³-hybridized carbons (Fsp3) is 0.348. The van der Waals surface area contributed by atoms with Crippen LogP contribution in [0.25, 0.3) is 10.8 Å². The number of hydrogen-bond donors (Lipinski definition) is 1. The molecular formula is C23H24N2O3S. The molecule has 1 saturated heterocycles. The normalized spacial score (nSPS) is 27.8. The molecule has 3 atom stereocenters. The zero-order chi connectivity index (χ0) is 20.1. The van der Waals surface area contributed by atoms with Crippen molar-refractivity contribution in [3.63, 3.8) is 0 Å². The molecule has 0 amide bonds. The van der Waals surface area contributed by atoms with Gasteiger partial charge in [-0.1, -0.05) is 36.4 Å². The molecule has 1 aliphatic heterocycles. The zero-order valence-electron chi connectivity index (χ0n) is 16.1. The maximum absolute atomic E-state index is 13.4. The summed E-state index contributed by atoms with van der Waals surface area (Å²) in [5.74, 6) is 0.0415. The highest BCUT2D eigenvalue weighted by atomic mass is 32.2. The van der Waals surface area contributed by atoms with E-state index >= 15 is 0 Å². The van der Waals surface area contributed by atoms with Crippen LogP contribution in [-0.4, -0.2) is 35.9 Å². The van der Waals surface area contributed by atoms with E-state index in [4.69, 9.17) is 0 Å². The maximum Gasteiger partial charge on any atom is 0.243 e. The summed E-state index contributed by atoms with van der Waals surface area (Å²) in [4.78, 5) is 4.49. The van der Waals surface area contributed by atoms with Gasteiger partial charge < -0.3 is 5.11 Å². The Labute approximate surface area is 171 Å². The minimum atomic E-state index is -3.61. The van der Waals surface area contributed by atoms with Gasteiger partial charge in [0.25, 0.3) is 0 Å². The molecule has 3 aromatic rings. The number of fused-ring (bicyclic) bond motifs is 2. The van der Waals surface area contributed by atoms with Gasteiger partial charge in [-0.25, -0.2) is 8.42 Å². The van der Waals surface area contributed by atoms with Crippen LogP contribution in [0.3, 0.4) is 0 Å². The molecule has 2 heterocycles. The Bertz CT molecular complexity index is 1150. The molecule has 1 aliphatic carbocycles. The van der Waals surface area contributed by atoms with Crippen LogP contribution in [0.1, 0.15) is 24.8 Å². The second-order valence-electron chi connectivity index (χ2n) is 8.26. The van der Waals surface area contributed by atoms with Gasteiger partial charge in [-0.3, -0.25) is 4.98 Å². The molecule has 2 aromatic carbocycles. The Hall–Kier alpha value is -2.28. The van der Waals surface area contributed by atoms with Crippen LogP contribution in [0.5, 0.6) is 0 Å². The summed E-state index contributed by atoms with van der Waals surface area (Å²) in [7, 11) is -3.61. The molecule has 5 rings (SSSR count). The predicted octanol–water partition coefficient (Wildman–Crippen LogP) is 3.54. The molecule has 2 fully saturated rings. The lowest BCUT2D eigenvalue weighted by molar-refractivity contribution is -0.0643. The number of benzene rings is 2. The molecule has 0 radical (unpaired) electrons. The van der Waals surface area contributed by atoms with E-state index in [1.165, 1.54) is 0 Å². The standard InChI is InChI=1S/C23H24N2O3S/c26-23(20-8-4-12-24-14-20)11-3-7-19-15-25(16-22(19)23)29(27,28)21-10-9-17-5-1-2-6-18(17)13-21/h1-2,4-6,8-10,12-14,19,22,26H,3,7,11,15-16H2. The predicted molar refractivity (Wildman–Crippen MR) is 112 cm³/mol. The van der Waals surface area contributed by atoms with E-state index in [1.807, 2.05) is 42.5 Å². The fourth-order valence-electron chi connectivity index (χ4n) is 5.13. The van der Waals surface area contributed by atoms with Gasteiger partial charge in [0.05, 0.1) is 10.5 Å². The first kappa shape index (κ1) is 18.7. The van der Waals surface area contributed by atoms with Crippen molar-refractivity contribution in [3.05, 3.63) is 72.6 Å². The lowest BCUT2D eigenvalue weighted by atomic mass is 9.68. The largest absolute Gasteiger partial charge is 0.385 e. The Morgan fingerprint density at radius 3 is 2.66 bits per heavy atom. The molecule has 1 saturated carbocycles. The van der Waals surface area contributed by atoms with Crippen LogP contribution in [0.2, 0.25) is 0 Å². The van der Waals surface area contributed by atoms with Gasteiger partial charge in [0, 0.05) is 37.0 Å². The zero-order valence-corrected chi connectivity index (χ0v) is 16.9. The van der Waals surface area contributed by atoms with Gasteiger partial charge >= 0.3 is 0 Å². The van der Waals surface area contributed by atoms with Crippen molar-refractivity contribution in [1.29, 1.82) is 0 Å². The molecule has 1 N–H and O–H groups in total. The second kappa shape index (κ2) is 6.90. The number of pyridine rings is 1. The Morgan fingerprint density at radius 2 is 1.86 bits per heavy atom. The molecule has 0 spiro atoms. The van der Waals surface area contributed by atoms with E-state index in [2.05, 4.69) is 4.98 Å².